The number of nitrogens with one attached hydrogen (secondary N) is 1. The Labute approximate surface area is 106 Å². The molecule has 1 aromatic heterocycles. The van der Waals surface area contributed by atoms with Crippen LogP contribution >= 0.6 is 15.9 Å². The van der Waals surface area contributed by atoms with Crippen molar-refractivity contribution >= 4 is 15.9 Å². The van der Waals surface area contributed by atoms with Crippen molar-refractivity contribution < 1.29 is 0 Å². The lowest BCUT2D eigenvalue weighted by atomic mass is 10.1. The first-order chi connectivity index (χ1) is 7.68. The van der Waals surface area contributed by atoms with E-state index in [0.717, 1.165) is 12.1 Å². The quantitative estimate of drug-likeness (QED) is 0.905. The summed E-state index contributed by atoms with van der Waals surface area (Å²) in [4.78, 5) is 0. The van der Waals surface area contributed by atoms with Gasteiger partial charge in [0.15, 0.2) is 0 Å². The molecule has 0 saturated carbocycles. The van der Waals surface area contributed by atoms with Crippen LogP contribution in [-0.4, -0.2) is 22.4 Å². The van der Waals surface area contributed by atoms with Crippen molar-refractivity contribution in [3.8, 4) is 0 Å². The number of hydrogen-bond acceptors (Lipinski definition) is 2. The second-order valence-electron chi connectivity index (χ2n) is 4.67. The van der Waals surface area contributed by atoms with Gasteiger partial charge >= 0.3 is 0 Å². The molecule has 90 valence electrons. The van der Waals surface area contributed by atoms with Crippen LogP contribution in [0.3, 0.4) is 0 Å². The molecule has 2 rings (SSSR count). The topological polar surface area (TPSA) is 29.9 Å². The third kappa shape index (κ3) is 2.66. The molecule has 0 aliphatic carbocycles. The minimum absolute atomic E-state index is 0.619. The van der Waals surface area contributed by atoms with Crippen LogP contribution in [0.15, 0.2) is 4.47 Å². The van der Waals surface area contributed by atoms with Crippen LogP contribution in [0.1, 0.15) is 37.1 Å². The minimum Gasteiger partial charge on any atom is -0.314 e. The summed E-state index contributed by atoms with van der Waals surface area (Å²) < 4.78 is 3.19. The zero-order chi connectivity index (χ0) is 11.5. The van der Waals surface area contributed by atoms with Gasteiger partial charge in [-0.15, -0.1) is 0 Å². The van der Waals surface area contributed by atoms with Gasteiger partial charge in [-0.05, 0) is 42.2 Å². The molecule has 0 aromatic carbocycles. The largest absolute Gasteiger partial charge is 0.314 e. The highest BCUT2D eigenvalue weighted by Gasteiger charge is 2.17. The van der Waals surface area contributed by atoms with Gasteiger partial charge in [-0.25, -0.2) is 0 Å². The number of hydrogen-bond donors (Lipinski definition) is 1. The number of rotatable bonds is 2. The van der Waals surface area contributed by atoms with Crippen molar-refractivity contribution in [3.63, 3.8) is 0 Å². The van der Waals surface area contributed by atoms with Gasteiger partial charge in [-0.3, -0.25) is 4.68 Å². The van der Waals surface area contributed by atoms with Crippen LogP contribution < -0.4 is 5.32 Å². The number of nitrogens with zero attached hydrogens (tertiary/aromatic N) is 2. The zero-order valence-corrected chi connectivity index (χ0v) is 11.7. The van der Waals surface area contributed by atoms with Crippen molar-refractivity contribution in [2.24, 2.45) is 7.05 Å². The molecule has 1 unspecified atom stereocenters. The Hall–Kier alpha value is -0.350. The fourth-order valence-corrected chi connectivity index (χ4v) is 2.91. The summed E-state index contributed by atoms with van der Waals surface area (Å²) in [5, 5.41) is 8.07. The van der Waals surface area contributed by atoms with Crippen molar-refractivity contribution in [2.75, 3.05) is 6.54 Å². The van der Waals surface area contributed by atoms with Crippen LogP contribution in [0.2, 0.25) is 0 Å². The van der Waals surface area contributed by atoms with E-state index in [-0.39, 0.29) is 0 Å². The maximum atomic E-state index is 4.44. The molecule has 1 aliphatic heterocycles. The van der Waals surface area contributed by atoms with E-state index in [1.165, 1.54) is 42.4 Å². The Bertz CT molecular complexity index is 351. The summed E-state index contributed by atoms with van der Waals surface area (Å²) in [6.07, 6.45) is 6.41. The number of halogens is 1. The minimum atomic E-state index is 0.619. The molecule has 1 N–H and O–H groups in total. The summed E-state index contributed by atoms with van der Waals surface area (Å²) >= 11 is 3.64. The monoisotopic (exact) mass is 285 g/mol. The lowest BCUT2D eigenvalue weighted by Crippen LogP contribution is -2.31. The van der Waals surface area contributed by atoms with E-state index >= 15 is 0 Å². The van der Waals surface area contributed by atoms with Crippen LogP contribution in [0.25, 0.3) is 0 Å². The Morgan fingerprint density at radius 1 is 1.44 bits per heavy atom. The fourth-order valence-electron chi connectivity index (χ4n) is 2.41. The van der Waals surface area contributed by atoms with E-state index in [2.05, 4.69) is 26.3 Å². The average Bonchev–Trinajstić information content (AvgIpc) is 2.51. The van der Waals surface area contributed by atoms with E-state index in [1.807, 2.05) is 18.7 Å². The Kier molecular flexibility index (Phi) is 4.03. The van der Waals surface area contributed by atoms with Gasteiger partial charge in [-0.2, -0.15) is 5.10 Å². The molecule has 2 heterocycles. The maximum absolute atomic E-state index is 4.44. The molecule has 3 nitrogen and oxygen atoms in total. The van der Waals surface area contributed by atoms with Gasteiger partial charge in [-0.1, -0.05) is 12.8 Å². The number of aromatic nitrogens is 2. The molecule has 0 radical (unpaired) electrons. The van der Waals surface area contributed by atoms with E-state index in [1.54, 1.807) is 0 Å². The maximum Gasteiger partial charge on any atom is 0.0738 e. The summed E-state index contributed by atoms with van der Waals surface area (Å²) in [7, 11) is 2.03. The molecule has 1 atom stereocenters. The van der Waals surface area contributed by atoms with E-state index in [9.17, 15) is 0 Å². The Morgan fingerprint density at radius 3 is 2.94 bits per heavy atom. The molecule has 4 heteroatoms. The van der Waals surface area contributed by atoms with Gasteiger partial charge < -0.3 is 5.32 Å². The van der Waals surface area contributed by atoms with Crippen molar-refractivity contribution in [1.29, 1.82) is 0 Å². The Balaban J connectivity index is 2.07. The summed E-state index contributed by atoms with van der Waals surface area (Å²) in [6.45, 7) is 3.22. The van der Waals surface area contributed by atoms with Crippen molar-refractivity contribution in [3.05, 3.63) is 15.9 Å². The van der Waals surface area contributed by atoms with Crippen molar-refractivity contribution in [2.45, 2.75) is 45.1 Å². The predicted octanol–water partition coefficient (Wildman–Crippen LogP) is 2.57. The van der Waals surface area contributed by atoms with Gasteiger partial charge in [0, 0.05) is 19.5 Å². The van der Waals surface area contributed by atoms with E-state index in [4.69, 9.17) is 0 Å². The van der Waals surface area contributed by atoms with Crippen LogP contribution in [0.5, 0.6) is 0 Å². The highest BCUT2D eigenvalue weighted by molar-refractivity contribution is 9.10. The van der Waals surface area contributed by atoms with Crippen LogP contribution in [-0.2, 0) is 13.5 Å². The molecular weight excluding hydrogens is 266 g/mol. The van der Waals surface area contributed by atoms with E-state index < -0.39 is 0 Å². The SMILES string of the molecule is Cc1nn(C)c(CC2CCCCCN2)c1Br. The summed E-state index contributed by atoms with van der Waals surface area (Å²) in [5.41, 5.74) is 2.41. The molecule has 0 amide bonds. The molecule has 1 aliphatic rings. The second-order valence-corrected chi connectivity index (χ2v) is 5.47. The molecule has 16 heavy (non-hydrogen) atoms. The molecule has 1 saturated heterocycles. The first kappa shape index (κ1) is 12.1. The Morgan fingerprint density at radius 2 is 2.25 bits per heavy atom. The lowest BCUT2D eigenvalue weighted by Gasteiger charge is -2.15. The fraction of sp³-hybridized carbons (Fsp3) is 0.750. The lowest BCUT2D eigenvalue weighted by molar-refractivity contribution is 0.491. The molecule has 1 fully saturated rings. The van der Waals surface area contributed by atoms with Gasteiger partial charge in [0.2, 0.25) is 0 Å². The van der Waals surface area contributed by atoms with Gasteiger partial charge in [0.1, 0.15) is 0 Å². The second kappa shape index (κ2) is 5.32. The first-order valence-corrected chi connectivity index (χ1v) is 6.89. The smallest absolute Gasteiger partial charge is 0.0738 e. The first-order valence-electron chi connectivity index (χ1n) is 6.10. The standard InChI is InChI=1S/C12H20BrN3/c1-9-12(13)11(16(2)15-9)8-10-6-4-3-5-7-14-10/h10,14H,3-8H2,1-2H3. The summed E-state index contributed by atoms with van der Waals surface area (Å²) in [6, 6.07) is 0.619. The molecule has 0 spiro atoms. The van der Waals surface area contributed by atoms with Gasteiger partial charge in [0.05, 0.1) is 15.9 Å². The zero-order valence-electron chi connectivity index (χ0n) is 10.1. The predicted molar refractivity (Wildman–Crippen MR) is 69.6 cm³/mol. The highest BCUT2D eigenvalue weighted by atomic mass is 79.9. The average molecular weight is 286 g/mol. The van der Waals surface area contributed by atoms with Gasteiger partial charge in [0.25, 0.3) is 0 Å². The molecule has 1 aromatic rings. The number of aryl methyl sites for hydroxylation is 2. The third-order valence-corrected chi connectivity index (χ3v) is 4.40. The summed E-state index contributed by atoms with van der Waals surface area (Å²) in [5.74, 6) is 0. The third-order valence-electron chi connectivity index (χ3n) is 3.36. The van der Waals surface area contributed by atoms with Crippen LogP contribution in [0.4, 0.5) is 0 Å². The van der Waals surface area contributed by atoms with E-state index in [0.29, 0.717) is 6.04 Å². The molecule has 0 bridgehead atoms. The highest BCUT2D eigenvalue weighted by Crippen LogP contribution is 2.23. The van der Waals surface area contributed by atoms with Crippen molar-refractivity contribution in [1.82, 2.24) is 15.1 Å². The normalized spacial score (nSPS) is 22.1. The molecular formula is C12H20BrN3. The van der Waals surface area contributed by atoms with Crippen LogP contribution in [0, 0.1) is 6.92 Å².